The van der Waals surface area contributed by atoms with Crippen molar-refractivity contribution in [3.8, 4) is 11.5 Å². The number of ether oxygens (including phenoxy) is 2. The molecular weight excluding hydrogens is 646 g/mol. The fourth-order valence-corrected chi connectivity index (χ4v) is 6.59. The number of methoxy groups -OCH3 is 2. The number of amides is 2. The molecular formula is C33H40BrN3O6S. The number of carbonyl (C=O) groups excluding carboxylic acids is 2. The number of anilines is 1. The van der Waals surface area contributed by atoms with E-state index in [1.54, 1.807) is 18.2 Å². The second-order valence-electron chi connectivity index (χ2n) is 11.0. The van der Waals surface area contributed by atoms with Crippen LogP contribution in [0.3, 0.4) is 0 Å². The molecule has 0 radical (unpaired) electrons. The van der Waals surface area contributed by atoms with Crippen molar-refractivity contribution in [2.24, 2.45) is 0 Å². The summed E-state index contributed by atoms with van der Waals surface area (Å²) in [5.41, 5.74) is 1.89. The molecule has 3 aromatic rings. The van der Waals surface area contributed by atoms with Gasteiger partial charge in [0.15, 0.2) is 0 Å². The SMILES string of the molecule is COc1ccc(N(CC(=O)N(Cc2ccc(Br)cc2)[C@@H](Cc2ccccc2)C(=O)NC2CCCCC2)S(C)(=O)=O)c(OC)c1. The van der Waals surface area contributed by atoms with Gasteiger partial charge in [0.05, 0.1) is 26.2 Å². The lowest BCUT2D eigenvalue weighted by Crippen LogP contribution is -2.55. The molecule has 0 heterocycles. The van der Waals surface area contributed by atoms with E-state index in [2.05, 4.69) is 21.2 Å². The highest BCUT2D eigenvalue weighted by molar-refractivity contribution is 9.10. The van der Waals surface area contributed by atoms with Crippen molar-refractivity contribution in [2.75, 3.05) is 31.3 Å². The molecule has 0 aromatic heterocycles. The number of carbonyl (C=O) groups is 2. The molecule has 0 unspecified atom stereocenters. The summed E-state index contributed by atoms with van der Waals surface area (Å²) in [6.45, 7) is -0.418. The summed E-state index contributed by atoms with van der Waals surface area (Å²) in [5, 5.41) is 3.21. The maximum atomic E-state index is 14.4. The fourth-order valence-electron chi connectivity index (χ4n) is 5.47. The number of sulfonamides is 1. The lowest BCUT2D eigenvalue weighted by atomic mass is 9.94. The summed E-state index contributed by atoms with van der Waals surface area (Å²) >= 11 is 3.46. The van der Waals surface area contributed by atoms with E-state index < -0.39 is 28.5 Å². The fraction of sp³-hybridized carbons (Fsp3) is 0.394. The molecule has 4 rings (SSSR count). The van der Waals surface area contributed by atoms with Gasteiger partial charge in [0.2, 0.25) is 21.8 Å². The number of hydrogen-bond donors (Lipinski definition) is 1. The summed E-state index contributed by atoms with van der Waals surface area (Å²) < 4.78 is 39.0. The third-order valence-electron chi connectivity index (χ3n) is 7.82. The second-order valence-corrected chi connectivity index (χ2v) is 13.8. The minimum atomic E-state index is -3.95. The van der Waals surface area contributed by atoms with Crippen LogP contribution >= 0.6 is 15.9 Å². The van der Waals surface area contributed by atoms with Gasteiger partial charge in [0, 0.05) is 29.5 Å². The van der Waals surface area contributed by atoms with Crippen LogP contribution in [0.1, 0.15) is 43.2 Å². The van der Waals surface area contributed by atoms with E-state index in [0.29, 0.717) is 5.75 Å². The van der Waals surface area contributed by atoms with E-state index in [1.165, 1.54) is 19.1 Å². The summed E-state index contributed by atoms with van der Waals surface area (Å²) in [6, 6.07) is 20.9. The third kappa shape index (κ3) is 8.98. The first-order valence-electron chi connectivity index (χ1n) is 14.7. The summed E-state index contributed by atoms with van der Waals surface area (Å²) in [4.78, 5) is 29.9. The van der Waals surface area contributed by atoms with Crippen molar-refractivity contribution in [3.63, 3.8) is 0 Å². The Labute approximate surface area is 268 Å². The number of halogens is 1. The van der Waals surface area contributed by atoms with Gasteiger partial charge < -0.3 is 19.7 Å². The molecule has 44 heavy (non-hydrogen) atoms. The summed E-state index contributed by atoms with van der Waals surface area (Å²) in [5.74, 6) is -0.0578. The lowest BCUT2D eigenvalue weighted by Gasteiger charge is -2.35. The maximum Gasteiger partial charge on any atom is 0.244 e. The van der Waals surface area contributed by atoms with E-state index in [9.17, 15) is 18.0 Å². The van der Waals surface area contributed by atoms with Crippen LogP contribution in [0, 0.1) is 0 Å². The van der Waals surface area contributed by atoms with Crippen molar-refractivity contribution in [3.05, 3.63) is 88.4 Å². The van der Waals surface area contributed by atoms with Crippen LogP contribution in [-0.4, -0.2) is 64.2 Å². The Morgan fingerprint density at radius 2 is 1.61 bits per heavy atom. The van der Waals surface area contributed by atoms with Crippen LogP contribution in [0.15, 0.2) is 77.3 Å². The maximum absolute atomic E-state index is 14.4. The molecule has 0 aliphatic heterocycles. The minimum absolute atomic E-state index is 0.0373. The molecule has 1 saturated carbocycles. The smallest absolute Gasteiger partial charge is 0.244 e. The van der Waals surface area contributed by atoms with E-state index in [-0.39, 0.29) is 36.4 Å². The molecule has 0 bridgehead atoms. The first-order valence-corrected chi connectivity index (χ1v) is 17.3. The molecule has 9 nitrogen and oxygen atoms in total. The average Bonchev–Trinajstić information content (AvgIpc) is 3.02. The molecule has 236 valence electrons. The zero-order valence-electron chi connectivity index (χ0n) is 25.4. The molecule has 1 atom stereocenters. The van der Waals surface area contributed by atoms with Crippen molar-refractivity contribution in [1.82, 2.24) is 10.2 Å². The van der Waals surface area contributed by atoms with Crippen LogP contribution in [0.25, 0.3) is 0 Å². The summed E-state index contributed by atoms with van der Waals surface area (Å²) in [6.07, 6.45) is 6.33. The predicted octanol–water partition coefficient (Wildman–Crippen LogP) is 5.32. The normalized spacial score (nSPS) is 14.4. The van der Waals surface area contributed by atoms with E-state index in [0.717, 1.165) is 58.3 Å². The van der Waals surface area contributed by atoms with Crippen LogP contribution in [0.4, 0.5) is 5.69 Å². The van der Waals surface area contributed by atoms with Gasteiger partial charge in [0.1, 0.15) is 24.1 Å². The Morgan fingerprint density at radius 1 is 0.932 bits per heavy atom. The van der Waals surface area contributed by atoms with Crippen molar-refractivity contribution in [2.45, 2.75) is 57.2 Å². The molecule has 1 aliphatic carbocycles. The number of hydrogen-bond acceptors (Lipinski definition) is 6. The summed E-state index contributed by atoms with van der Waals surface area (Å²) in [7, 11) is -1.03. The van der Waals surface area contributed by atoms with Crippen molar-refractivity contribution < 1.29 is 27.5 Å². The van der Waals surface area contributed by atoms with Crippen LogP contribution in [0.2, 0.25) is 0 Å². The monoisotopic (exact) mass is 685 g/mol. The minimum Gasteiger partial charge on any atom is -0.497 e. The largest absolute Gasteiger partial charge is 0.497 e. The zero-order chi connectivity index (χ0) is 31.7. The van der Waals surface area contributed by atoms with Crippen molar-refractivity contribution >= 4 is 43.5 Å². The molecule has 11 heteroatoms. The Kier molecular flexibility index (Phi) is 11.7. The zero-order valence-corrected chi connectivity index (χ0v) is 27.8. The molecule has 0 spiro atoms. The molecule has 3 aromatic carbocycles. The van der Waals surface area contributed by atoms with Crippen LogP contribution in [0.5, 0.6) is 11.5 Å². The number of rotatable bonds is 13. The molecule has 0 saturated heterocycles. The van der Waals surface area contributed by atoms with E-state index >= 15 is 0 Å². The number of benzene rings is 3. The van der Waals surface area contributed by atoms with E-state index in [1.807, 2.05) is 54.6 Å². The topological polar surface area (TPSA) is 105 Å². The van der Waals surface area contributed by atoms with Gasteiger partial charge >= 0.3 is 0 Å². The van der Waals surface area contributed by atoms with Gasteiger partial charge in [-0.3, -0.25) is 13.9 Å². The van der Waals surface area contributed by atoms with Gasteiger partial charge in [-0.25, -0.2) is 8.42 Å². The highest BCUT2D eigenvalue weighted by Crippen LogP contribution is 2.34. The number of nitrogens with one attached hydrogen (secondary N) is 1. The first-order chi connectivity index (χ1) is 21.1. The Bertz CT molecular complexity index is 1510. The third-order valence-corrected chi connectivity index (χ3v) is 9.48. The average molecular weight is 687 g/mol. The van der Waals surface area contributed by atoms with Crippen LogP contribution < -0.4 is 19.1 Å². The highest BCUT2D eigenvalue weighted by Gasteiger charge is 2.34. The van der Waals surface area contributed by atoms with Gasteiger partial charge in [-0.05, 0) is 48.2 Å². The quantitative estimate of drug-likeness (QED) is 0.261. The molecule has 2 amide bonds. The Balaban J connectivity index is 1.74. The van der Waals surface area contributed by atoms with Gasteiger partial charge in [0.25, 0.3) is 0 Å². The van der Waals surface area contributed by atoms with Gasteiger partial charge in [-0.2, -0.15) is 0 Å². The molecule has 1 fully saturated rings. The van der Waals surface area contributed by atoms with E-state index in [4.69, 9.17) is 9.47 Å². The first kappa shape index (κ1) is 33.3. The standard InChI is InChI=1S/C33H40BrN3O6S/c1-42-28-18-19-29(31(21-28)43-2)37(44(3,40)41)23-32(38)36(22-25-14-16-26(34)17-15-25)30(20-24-10-6-4-7-11-24)33(39)35-27-12-8-5-9-13-27/h4,6-7,10-11,14-19,21,27,30H,5,8-9,12-13,20,22-23H2,1-3H3,(H,35,39)/t30-/m0/s1. The van der Waals surface area contributed by atoms with Gasteiger partial charge in [-0.1, -0.05) is 77.7 Å². The van der Waals surface area contributed by atoms with Crippen LogP contribution in [-0.2, 0) is 32.6 Å². The molecule has 1 N–H and O–H groups in total. The van der Waals surface area contributed by atoms with Crippen molar-refractivity contribution in [1.29, 1.82) is 0 Å². The predicted molar refractivity (Wildman–Crippen MR) is 175 cm³/mol. The second kappa shape index (κ2) is 15.4. The number of nitrogens with zero attached hydrogens (tertiary/aromatic N) is 2. The Morgan fingerprint density at radius 3 is 2.23 bits per heavy atom. The Hall–Kier alpha value is -3.57. The lowest BCUT2D eigenvalue weighted by molar-refractivity contribution is -0.140. The molecule has 1 aliphatic rings. The van der Waals surface area contributed by atoms with Gasteiger partial charge in [-0.15, -0.1) is 0 Å². The highest BCUT2D eigenvalue weighted by atomic mass is 79.9.